The van der Waals surface area contributed by atoms with Crippen molar-refractivity contribution in [2.45, 2.75) is 0 Å². The smallest absolute Gasteiger partial charge is 0.512 e. The van der Waals surface area contributed by atoms with Gasteiger partial charge >= 0.3 is 7.32 Å². The van der Waals surface area contributed by atoms with Gasteiger partial charge in [-0.15, -0.1) is 0 Å². The number of hydrogen-bond donors (Lipinski definition) is 2. The molecule has 2 aromatic carbocycles. The van der Waals surface area contributed by atoms with E-state index in [2.05, 4.69) is 4.99 Å². The molecule has 0 atom stereocenters. The highest BCUT2D eigenvalue weighted by Gasteiger charge is 2.10. The van der Waals surface area contributed by atoms with Crippen LogP contribution in [-0.4, -0.2) is 23.6 Å². The van der Waals surface area contributed by atoms with Crippen molar-refractivity contribution in [3.63, 3.8) is 0 Å². The molecule has 0 saturated heterocycles. The Balaban J connectivity index is 2.05. The molecule has 0 bridgehead atoms. The number of aliphatic imine (C=N–C) groups is 1. The molecule has 5 nitrogen and oxygen atoms in total. The molecule has 0 aromatic heterocycles. The maximum atomic E-state index is 8.69. The van der Waals surface area contributed by atoms with Crippen LogP contribution in [0.3, 0.4) is 0 Å². The first-order valence-corrected chi connectivity index (χ1v) is 5.84. The second-order valence-corrected chi connectivity index (χ2v) is 3.93. The van der Waals surface area contributed by atoms with Gasteiger partial charge in [-0.1, -0.05) is 0 Å². The van der Waals surface area contributed by atoms with E-state index in [0.717, 1.165) is 11.3 Å². The highest BCUT2D eigenvalue weighted by atomic mass is 16.6. The number of rotatable bonds is 4. The Morgan fingerprint density at radius 3 is 2.25 bits per heavy atom. The van der Waals surface area contributed by atoms with E-state index in [9.17, 15) is 0 Å². The Hall–Kier alpha value is -2.62. The van der Waals surface area contributed by atoms with Crippen molar-refractivity contribution in [2.24, 2.45) is 4.99 Å². The fourth-order valence-electron chi connectivity index (χ4n) is 1.53. The summed E-state index contributed by atoms with van der Waals surface area (Å²) < 4.78 is 4.69. The number of nitrogens with zero attached hydrogens (tertiary/aromatic N) is 2. The van der Waals surface area contributed by atoms with Crippen molar-refractivity contribution in [1.82, 2.24) is 0 Å². The normalized spacial score (nSPS) is 10.2. The molecule has 0 spiro atoms. The zero-order valence-corrected chi connectivity index (χ0v) is 10.5. The second-order valence-electron chi connectivity index (χ2n) is 3.93. The molecule has 6 heteroatoms. The van der Waals surface area contributed by atoms with Crippen molar-refractivity contribution in [1.29, 1.82) is 5.26 Å². The fraction of sp³-hybridized carbons (Fsp3) is 0. The number of hydrogen-bond acceptors (Lipinski definition) is 5. The molecule has 2 rings (SSSR count). The Bertz CT molecular complexity index is 631. The average Bonchev–Trinajstić information content (AvgIpc) is 2.46. The van der Waals surface area contributed by atoms with E-state index >= 15 is 0 Å². The third kappa shape index (κ3) is 3.95. The summed E-state index contributed by atoms with van der Waals surface area (Å²) in [6.07, 6.45) is 1.67. The van der Waals surface area contributed by atoms with Crippen LogP contribution < -0.4 is 4.65 Å². The van der Waals surface area contributed by atoms with Crippen molar-refractivity contribution in [3.05, 3.63) is 59.7 Å². The molecule has 0 aliphatic rings. The summed E-state index contributed by atoms with van der Waals surface area (Å²) in [5.41, 5.74) is 2.18. The summed E-state index contributed by atoms with van der Waals surface area (Å²) in [5, 5.41) is 26.0. The minimum absolute atomic E-state index is 0.357. The molecule has 2 aromatic rings. The van der Waals surface area contributed by atoms with Gasteiger partial charge in [0.2, 0.25) is 0 Å². The minimum atomic E-state index is -1.83. The van der Waals surface area contributed by atoms with Gasteiger partial charge in [-0.05, 0) is 54.1 Å². The maximum Gasteiger partial charge on any atom is 0.707 e. The molecule has 0 aliphatic carbocycles. The van der Waals surface area contributed by atoms with Crippen molar-refractivity contribution >= 4 is 19.2 Å². The minimum Gasteiger partial charge on any atom is -0.512 e. The van der Waals surface area contributed by atoms with Gasteiger partial charge in [-0.2, -0.15) is 5.26 Å². The first kappa shape index (κ1) is 13.8. The van der Waals surface area contributed by atoms with Crippen LogP contribution in [0.25, 0.3) is 0 Å². The molecule has 0 unspecified atom stereocenters. The largest absolute Gasteiger partial charge is 0.707 e. The van der Waals surface area contributed by atoms with Gasteiger partial charge in [0, 0.05) is 6.21 Å². The predicted octanol–water partition coefficient (Wildman–Crippen LogP) is 1.66. The van der Waals surface area contributed by atoms with Gasteiger partial charge < -0.3 is 14.7 Å². The van der Waals surface area contributed by atoms with Crippen LogP contribution in [-0.2, 0) is 0 Å². The Morgan fingerprint density at radius 1 is 1.05 bits per heavy atom. The summed E-state index contributed by atoms with van der Waals surface area (Å²) in [6.45, 7) is 0. The molecular formula is C14H11BN2O3. The van der Waals surface area contributed by atoms with Crippen molar-refractivity contribution in [2.75, 3.05) is 0 Å². The number of nitriles is 1. The van der Waals surface area contributed by atoms with Crippen LogP contribution in [0.2, 0.25) is 0 Å². The molecule has 0 fully saturated rings. The van der Waals surface area contributed by atoms with Gasteiger partial charge in [0.1, 0.15) is 5.75 Å². The van der Waals surface area contributed by atoms with Crippen molar-refractivity contribution in [3.8, 4) is 11.8 Å². The average molecular weight is 266 g/mol. The Kier molecular flexibility index (Phi) is 4.50. The lowest BCUT2D eigenvalue weighted by Gasteiger charge is -2.03. The zero-order chi connectivity index (χ0) is 14.4. The molecule has 2 N–H and O–H groups in total. The Labute approximate surface area is 116 Å². The predicted molar refractivity (Wildman–Crippen MR) is 75.7 cm³/mol. The summed E-state index contributed by atoms with van der Waals surface area (Å²) in [5.74, 6) is 0.357. The maximum absolute atomic E-state index is 8.69. The first-order chi connectivity index (χ1) is 9.67. The molecule has 0 heterocycles. The SMILES string of the molecule is N#Cc1ccc(/N=C/c2ccc(OB(O)O)cc2)cc1. The molecule has 0 radical (unpaired) electrons. The van der Waals surface area contributed by atoms with Gasteiger partial charge in [0.25, 0.3) is 0 Å². The molecule has 0 saturated carbocycles. The number of benzene rings is 2. The fourth-order valence-corrected chi connectivity index (χ4v) is 1.53. The molecule has 98 valence electrons. The van der Waals surface area contributed by atoms with E-state index in [4.69, 9.17) is 20.0 Å². The first-order valence-electron chi connectivity index (χ1n) is 5.84. The molecule has 0 amide bonds. The highest BCUT2D eigenvalue weighted by molar-refractivity contribution is 6.33. The zero-order valence-electron chi connectivity index (χ0n) is 10.5. The van der Waals surface area contributed by atoms with E-state index in [0.29, 0.717) is 11.3 Å². The van der Waals surface area contributed by atoms with Gasteiger partial charge in [0.15, 0.2) is 0 Å². The monoisotopic (exact) mass is 266 g/mol. The van der Waals surface area contributed by atoms with Crippen LogP contribution >= 0.6 is 0 Å². The third-order valence-electron chi connectivity index (χ3n) is 2.48. The lowest BCUT2D eigenvalue weighted by Crippen LogP contribution is -2.20. The molecule has 20 heavy (non-hydrogen) atoms. The third-order valence-corrected chi connectivity index (χ3v) is 2.48. The summed E-state index contributed by atoms with van der Waals surface area (Å²) in [4.78, 5) is 4.27. The summed E-state index contributed by atoms with van der Waals surface area (Å²) in [6, 6.07) is 15.7. The summed E-state index contributed by atoms with van der Waals surface area (Å²) in [7, 11) is -1.83. The summed E-state index contributed by atoms with van der Waals surface area (Å²) >= 11 is 0. The van der Waals surface area contributed by atoms with Gasteiger partial charge in [-0.25, -0.2) is 0 Å². The van der Waals surface area contributed by atoms with E-state index in [1.807, 2.05) is 6.07 Å². The van der Waals surface area contributed by atoms with Crippen molar-refractivity contribution < 1.29 is 14.7 Å². The topological polar surface area (TPSA) is 85.8 Å². The second kappa shape index (κ2) is 6.52. The molecule has 0 aliphatic heterocycles. The van der Waals surface area contributed by atoms with Gasteiger partial charge in [0.05, 0.1) is 17.3 Å². The lowest BCUT2D eigenvalue weighted by atomic mass is 10.2. The van der Waals surface area contributed by atoms with E-state index < -0.39 is 7.32 Å². The standard InChI is InChI=1S/C14H11BN2O3/c16-9-11-1-5-13(6-2-11)17-10-12-3-7-14(8-4-12)20-15(18)19/h1-8,10,18-19H/b17-10+. The van der Waals surface area contributed by atoms with Crippen LogP contribution in [0.4, 0.5) is 5.69 Å². The van der Waals surface area contributed by atoms with Crippen LogP contribution in [0.5, 0.6) is 5.75 Å². The molecular weight excluding hydrogens is 255 g/mol. The van der Waals surface area contributed by atoms with Crippen LogP contribution in [0.1, 0.15) is 11.1 Å². The van der Waals surface area contributed by atoms with E-state index in [1.54, 1.807) is 54.7 Å². The van der Waals surface area contributed by atoms with E-state index in [1.165, 1.54) is 0 Å². The van der Waals surface area contributed by atoms with Crippen LogP contribution in [0.15, 0.2) is 53.5 Å². The van der Waals surface area contributed by atoms with Crippen LogP contribution in [0, 0.1) is 11.3 Å². The van der Waals surface area contributed by atoms with E-state index in [-0.39, 0.29) is 0 Å². The Morgan fingerprint density at radius 2 is 1.70 bits per heavy atom. The highest BCUT2D eigenvalue weighted by Crippen LogP contribution is 2.14. The quantitative estimate of drug-likeness (QED) is 0.650. The van der Waals surface area contributed by atoms with Gasteiger partial charge in [-0.3, -0.25) is 4.99 Å². The lowest BCUT2D eigenvalue weighted by molar-refractivity contribution is 0.288.